The lowest BCUT2D eigenvalue weighted by Gasteiger charge is -2.35. The predicted molar refractivity (Wildman–Crippen MR) is 83.6 cm³/mol. The molecule has 4 nitrogen and oxygen atoms in total. The van der Waals surface area contributed by atoms with Crippen LogP contribution in [0, 0.1) is 11.3 Å². The standard InChI is InChI=1S/C15H26N4S/c1-15(2,3)12-10-20-14-17-16-13(19(14)18-12)9-11-7-5-4-6-8-11/h11-12,18H,4-10H2,1-3H3. The zero-order valence-electron chi connectivity index (χ0n) is 12.9. The smallest absolute Gasteiger partial charge is 0.210 e. The molecule has 0 saturated heterocycles. The van der Waals surface area contributed by atoms with E-state index in [1.165, 1.54) is 32.1 Å². The molecule has 112 valence electrons. The highest BCUT2D eigenvalue weighted by Gasteiger charge is 2.31. The molecule has 0 spiro atoms. The van der Waals surface area contributed by atoms with Gasteiger partial charge < -0.3 is 5.43 Å². The van der Waals surface area contributed by atoms with Crippen LogP contribution < -0.4 is 5.43 Å². The summed E-state index contributed by atoms with van der Waals surface area (Å²) in [4.78, 5) is 0. The lowest BCUT2D eigenvalue weighted by Crippen LogP contribution is -2.44. The molecule has 1 unspecified atom stereocenters. The van der Waals surface area contributed by atoms with Gasteiger partial charge in [0.15, 0.2) is 5.82 Å². The molecule has 1 fully saturated rings. The monoisotopic (exact) mass is 294 g/mol. The summed E-state index contributed by atoms with van der Waals surface area (Å²) in [5.74, 6) is 3.01. The molecule has 0 amide bonds. The van der Waals surface area contributed by atoms with Crippen molar-refractivity contribution in [3.8, 4) is 0 Å². The van der Waals surface area contributed by atoms with Crippen LogP contribution in [-0.2, 0) is 6.42 Å². The molecule has 5 heteroatoms. The third-order valence-corrected chi connectivity index (χ3v) is 5.63. The highest BCUT2D eigenvalue weighted by Crippen LogP contribution is 2.32. The number of hydrogen-bond donors (Lipinski definition) is 1. The molecule has 0 radical (unpaired) electrons. The number of nitrogens with one attached hydrogen (secondary N) is 1. The lowest BCUT2D eigenvalue weighted by atomic mass is 9.87. The zero-order chi connectivity index (χ0) is 14.2. The Morgan fingerprint density at radius 2 is 1.95 bits per heavy atom. The van der Waals surface area contributed by atoms with E-state index < -0.39 is 0 Å². The normalized spacial score (nSPS) is 24.2. The van der Waals surface area contributed by atoms with Crippen molar-refractivity contribution in [2.75, 3.05) is 11.2 Å². The number of thioether (sulfide) groups is 1. The molecule has 0 aromatic carbocycles. The van der Waals surface area contributed by atoms with E-state index in [1.54, 1.807) is 0 Å². The van der Waals surface area contributed by atoms with Crippen molar-refractivity contribution in [2.45, 2.75) is 70.5 Å². The van der Waals surface area contributed by atoms with E-state index in [0.717, 1.165) is 29.1 Å². The van der Waals surface area contributed by atoms with E-state index >= 15 is 0 Å². The molecular weight excluding hydrogens is 268 g/mol. The second-order valence-electron chi connectivity index (χ2n) is 7.30. The maximum atomic E-state index is 4.44. The number of aromatic nitrogens is 3. The van der Waals surface area contributed by atoms with E-state index in [1.807, 2.05) is 11.8 Å². The molecule has 1 aliphatic carbocycles. The highest BCUT2D eigenvalue weighted by atomic mass is 32.2. The van der Waals surface area contributed by atoms with Gasteiger partial charge in [0.1, 0.15) is 0 Å². The molecule has 1 N–H and O–H groups in total. The van der Waals surface area contributed by atoms with Crippen LogP contribution in [0.2, 0.25) is 0 Å². The second kappa shape index (κ2) is 5.58. The summed E-state index contributed by atoms with van der Waals surface area (Å²) in [5, 5.41) is 9.83. The molecule has 1 aliphatic heterocycles. The summed E-state index contributed by atoms with van der Waals surface area (Å²) < 4.78 is 2.17. The van der Waals surface area contributed by atoms with Gasteiger partial charge in [-0.2, -0.15) is 0 Å². The maximum Gasteiger partial charge on any atom is 0.210 e. The highest BCUT2D eigenvalue weighted by molar-refractivity contribution is 7.99. The summed E-state index contributed by atoms with van der Waals surface area (Å²) in [5.41, 5.74) is 3.91. The van der Waals surface area contributed by atoms with E-state index in [-0.39, 0.29) is 5.41 Å². The van der Waals surface area contributed by atoms with Crippen molar-refractivity contribution in [1.82, 2.24) is 14.9 Å². The van der Waals surface area contributed by atoms with E-state index in [4.69, 9.17) is 0 Å². The largest absolute Gasteiger partial charge is 0.318 e. The van der Waals surface area contributed by atoms with Gasteiger partial charge in [0.25, 0.3) is 0 Å². The van der Waals surface area contributed by atoms with Gasteiger partial charge in [-0.05, 0) is 11.3 Å². The van der Waals surface area contributed by atoms with E-state index in [9.17, 15) is 0 Å². The van der Waals surface area contributed by atoms with Crippen LogP contribution >= 0.6 is 11.8 Å². The first-order chi connectivity index (χ1) is 9.54. The molecule has 20 heavy (non-hydrogen) atoms. The summed E-state index contributed by atoms with van der Waals surface area (Å²) in [6, 6.07) is 0.473. The quantitative estimate of drug-likeness (QED) is 0.907. The number of rotatable bonds is 2. The fraction of sp³-hybridized carbons (Fsp3) is 0.867. The summed E-state index contributed by atoms with van der Waals surface area (Å²) in [7, 11) is 0. The molecule has 2 aliphatic rings. The second-order valence-corrected chi connectivity index (χ2v) is 8.29. The van der Waals surface area contributed by atoms with Crippen LogP contribution in [0.4, 0.5) is 0 Å². The molecule has 3 rings (SSSR count). The van der Waals surface area contributed by atoms with Crippen molar-refractivity contribution in [2.24, 2.45) is 11.3 Å². The third kappa shape index (κ3) is 2.97. The molecule has 2 heterocycles. The summed E-state index contributed by atoms with van der Waals surface area (Å²) in [6.45, 7) is 6.88. The first-order valence-corrected chi connectivity index (χ1v) is 8.86. The minimum Gasteiger partial charge on any atom is -0.318 e. The zero-order valence-corrected chi connectivity index (χ0v) is 13.7. The number of hydrogen-bond acceptors (Lipinski definition) is 4. The minimum absolute atomic E-state index is 0.261. The molecule has 1 aromatic heterocycles. The molecule has 1 aromatic rings. The van der Waals surface area contributed by atoms with Crippen LogP contribution in [0.25, 0.3) is 0 Å². The Morgan fingerprint density at radius 1 is 1.20 bits per heavy atom. The molecule has 1 saturated carbocycles. The van der Waals surface area contributed by atoms with Crippen LogP contribution in [0.15, 0.2) is 5.16 Å². The average molecular weight is 294 g/mol. The van der Waals surface area contributed by atoms with E-state index in [2.05, 4.69) is 41.1 Å². The fourth-order valence-electron chi connectivity index (χ4n) is 3.10. The van der Waals surface area contributed by atoms with Gasteiger partial charge in [0.2, 0.25) is 5.16 Å². The van der Waals surface area contributed by atoms with Gasteiger partial charge in [-0.25, -0.2) is 4.68 Å². The third-order valence-electron chi connectivity index (χ3n) is 4.61. The summed E-state index contributed by atoms with van der Waals surface area (Å²) in [6.07, 6.45) is 7.99. The van der Waals surface area contributed by atoms with Gasteiger partial charge in [-0.1, -0.05) is 64.6 Å². The van der Waals surface area contributed by atoms with E-state index in [0.29, 0.717) is 6.04 Å². The first kappa shape index (κ1) is 14.2. The number of fused-ring (bicyclic) bond motifs is 1. The van der Waals surface area contributed by atoms with Crippen LogP contribution in [-0.4, -0.2) is 26.7 Å². The van der Waals surface area contributed by atoms with Crippen molar-refractivity contribution in [3.05, 3.63) is 5.82 Å². The Hall–Kier alpha value is -0.710. The van der Waals surface area contributed by atoms with Crippen molar-refractivity contribution in [1.29, 1.82) is 0 Å². The number of nitrogens with zero attached hydrogens (tertiary/aromatic N) is 3. The van der Waals surface area contributed by atoms with Gasteiger partial charge in [-0.15, -0.1) is 10.2 Å². The topological polar surface area (TPSA) is 42.7 Å². The van der Waals surface area contributed by atoms with Gasteiger partial charge in [0.05, 0.1) is 6.04 Å². The Bertz CT molecular complexity index is 457. The molecular formula is C15H26N4S. The van der Waals surface area contributed by atoms with Gasteiger partial charge in [-0.3, -0.25) is 0 Å². The Labute approximate surface area is 126 Å². The predicted octanol–water partition coefficient (Wildman–Crippen LogP) is 3.46. The average Bonchev–Trinajstić information content (AvgIpc) is 2.82. The Balaban J connectivity index is 1.73. The fourth-order valence-corrected chi connectivity index (χ4v) is 4.38. The van der Waals surface area contributed by atoms with Gasteiger partial charge >= 0.3 is 0 Å². The first-order valence-electron chi connectivity index (χ1n) is 7.87. The van der Waals surface area contributed by atoms with Crippen LogP contribution in [0.3, 0.4) is 0 Å². The van der Waals surface area contributed by atoms with Crippen molar-refractivity contribution >= 4 is 11.8 Å². The molecule has 0 bridgehead atoms. The minimum atomic E-state index is 0.261. The van der Waals surface area contributed by atoms with Crippen molar-refractivity contribution < 1.29 is 0 Å². The van der Waals surface area contributed by atoms with Gasteiger partial charge in [0, 0.05) is 12.2 Å². The Morgan fingerprint density at radius 3 is 2.65 bits per heavy atom. The van der Waals surface area contributed by atoms with Crippen molar-refractivity contribution in [3.63, 3.8) is 0 Å². The Kier molecular flexibility index (Phi) is 3.98. The maximum absolute atomic E-state index is 4.44. The lowest BCUT2D eigenvalue weighted by molar-refractivity contribution is 0.325. The SMILES string of the molecule is CC(C)(C)C1CSc2nnc(CC3CCCCC3)n2N1. The summed E-state index contributed by atoms with van der Waals surface area (Å²) >= 11 is 1.83. The van der Waals surface area contributed by atoms with Crippen LogP contribution in [0.1, 0.15) is 58.7 Å². The van der Waals surface area contributed by atoms with Crippen LogP contribution in [0.5, 0.6) is 0 Å². The molecule has 1 atom stereocenters.